The van der Waals surface area contributed by atoms with Gasteiger partial charge in [0.25, 0.3) is 5.91 Å². The molecule has 0 heterocycles. The summed E-state index contributed by atoms with van der Waals surface area (Å²) in [4.78, 5) is 11.9. The van der Waals surface area contributed by atoms with E-state index in [2.05, 4.69) is 5.32 Å². The van der Waals surface area contributed by atoms with Gasteiger partial charge in [0.1, 0.15) is 5.82 Å². The molecular formula is C16H17FN2O. The molecule has 0 aromatic heterocycles. The van der Waals surface area contributed by atoms with Crippen molar-refractivity contribution in [2.24, 2.45) is 5.73 Å². The molecule has 0 atom stereocenters. The molecule has 0 spiro atoms. The summed E-state index contributed by atoms with van der Waals surface area (Å²) in [6.07, 6.45) is 0. The van der Waals surface area contributed by atoms with Crippen molar-refractivity contribution in [1.29, 1.82) is 0 Å². The summed E-state index contributed by atoms with van der Waals surface area (Å²) in [7, 11) is 0. The van der Waals surface area contributed by atoms with Crippen LogP contribution in [0.1, 0.15) is 27.0 Å². The normalized spacial score (nSPS) is 10.3. The maximum atomic E-state index is 13.4. The van der Waals surface area contributed by atoms with Crippen LogP contribution in [0.3, 0.4) is 0 Å². The molecule has 0 aliphatic carbocycles. The second-order valence-electron chi connectivity index (χ2n) is 4.67. The predicted molar refractivity (Wildman–Crippen MR) is 76.6 cm³/mol. The Balaban J connectivity index is 1.98. The Morgan fingerprint density at radius 1 is 1.15 bits per heavy atom. The highest BCUT2D eigenvalue weighted by atomic mass is 19.1. The third kappa shape index (κ3) is 3.42. The molecule has 2 aromatic carbocycles. The van der Waals surface area contributed by atoms with Crippen LogP contribution in [0.25, 0.3) is 0 Å². The topological polar surface area (TPSA) is 55.1 Å². The van der Waals surface area contributed by atoms with E-state index in [1.54, 1.807) is 31.2 Å². The summed E-state index contributed by atoms with van der Waals surface area (Å²) in [5, 5.41) is 2.76. The summed E-state index contributed by atoms with van der Waals surface area (Å²) in [6, 6.07) is 12.0. The summed E-state index contributed by atoms with van der Waals surface area (Å²) < 4.78 is 13.4. The minimum atomic E-state index is -0.260. The van der Waals surface area contributed by atoms with Gasteiger partial charge in [0, 0.05) is 18.7 Å². The van der Waals surface area contributed by atoms with Crippen molar-refractivity contribution in [3.05, 3.63) is 70.5 Å². The van der Waals surface area contributed by atoms with Gasteiger partial charge in [-0.3, -0.25) is 4.79 Å². The van der Waals surface area contributed by atoms with Crippen molar-refractivity contribution in [2.75, 3.05) is 0 Å². The van der Waals surface area contributed by atoms with E-state index in [1.807, 2.05) is 12.1 Å². The minimum Gasteiger partial charge on any atom is -0.348 e. The van der Waals surface area contributed by atoms with E-state index in [0.717, 1.165) is 11.1 Å². The van der Waals surface area contributed by atoms with Gasteiger partial charge >= 0.3 is 0 Å². The maximum absolute atomic E-state index is 13.4. The first-order valence-corrected chi connectivity index (χ1v) is 6.42. The number of benzene rings is 2. The molecule has 2 aromatic rings. The lowest BCUT2D eigenvalue weighted by atomic mass is 10.1. The van der Waals surface area contributed by atoms with Crippen LogP contribution in [0.5, 0.6) is 0 Å². The monoisotopic (exact) mass is 272 g/mol. The quantitative estimate of drug-likeness (QED) is 0.898. The molecular weight excluding hydrogens is 255 g/mol. The fourth-order valence-electron chi connectivity index (χ4n) is 1.82. The third-order valence-electron chi connectivity index (χ3n) is 3.14. The fourth-order valence-corrected chi connectivity index (χ4v) is 1.82. The number of halogens is 1. The van der Waals surface area contributed by atoms with Crippen molar-refractivity contribution >= 4 is 5.91 Å². The molecule has 0 aliphatic rings. The van der Waals surface area contributed by atoms with E-state index in [1.165, 1.54) is 6.07 Å². The number of nitrogens with one attached hydrogen (secondary N) is 1. The standard InChI is InChI=1S/C16H17FN2O/c1-11-2-3-13(8-15(11)17)10-19-16(20)14-6-4-12(9-18)5-7-14/h2-8H,9-10,18H2,1H3,(H,19,20). The van der Waals surface area contributed by atoms with Gasteiger partial charge in [-0.05, 0) is 41.8 Å². The molecule has 0 radical (unpaired) electrons. The number of rotatable bonds is 4. The van der Waals surface area contributed by atoms with E-state index in [9.17, 15) is 9.18 Å². The lowest BCUT2D eigenvalue weighted by Gasteiger charge is -2.07. The highest BCUT2D eigenvalue weighted by Gasteiger charge is 2.06. The summed E-state index contributed by atoms with van der Waals surface area (Å²) in [6.45, 7) is 2.45. The molecule has 1 amide bonds. The molecule has 3 nitrogen and oxygen atoms in total. The third-order valence-corrected chi connectivity index (χ3v) is 3.14. The van der Waals surface area contributed by atoms with Crippen LogP contribution in [-0.4, -0.2) is 5.91 Å². The molecule has 0 bridgehead atoms. The zero-order chi connectivity index (χ0) is 14.5. The predicted octanol–water partition coefficient (Wildman–Crippen LogP) is 2.52. The molecule has 0 fully saturated rings. The van der Waals surface area contributed by atoms with Gasteiger partial charge in [0.15, 0.2) is 0 Å². The first kappa shape index (κ1) is 14.2. The largest absolute Gasteiger partial charge is 0.348 e. The second kappa shape index (κ2) is 6.30. The number of hydrogen-bond donors (Lipinski definition) is 2. The molecule has 0 saturated heterocycles. The Bertz CT molecular complexity index is 608. The molecule has 0 aliphatic heterocycles. The minimum absolute atomic E-state index is 0.186. The Morgan fingerprint density at radius 3 is 2.40 bits per heavy atom. The van der Waals surface area contributed by atoms with Crippen LogP contribution in [0, 0.1) is 12.7 Å². The van der Waals surface area contributed by atoms with Crippen molar-refractivity contribution in [2.45, 2.75) is 20.0 Å². The van der Waals surface area contributed by atoms with E-state index in [4.69, 9.17) is 5.73 Å². The number of amides is 1. The molecule has 0 saturated carbocycles. The van der Waals surface area contributed by atoms with E-state index >= 15 is 0 Å². The Labute approximate surface area is 117 Å². The summed E-state index contributed by atoms with van der Waals surface area (Å²) in [5.41, 5.74) is 8.37. The van der Waals surface area contributed by atoms with Gasteiger partial charge < -0.3 is 11.1 Å². The van der Waals surface area contributed by atoms with Gasteiger partial charge in [-0.2, -0.15) is 0 Å². The van der Waals surface area contributed by atoms with Gasteiger partial charge in [-0.15, -0.1) is 0 Å². The van der Waals surface area contributed by atoms with Crippen LogP contribution in [-0.2, 0) is 13.1 Å². The Morgan fingerprint density at radius 2 is 1.80 bits per heavy atom. The van der Waals surface area contributed by atoms with Crippen LogP contribution < -0.4 is 11.1 Å². The second-order valence-corrected chi connectivity index (χ2v) is 4.67. The first-order chi connectivity index (χ1) is 9.60. The van der Waals surface area contributed by atoms with E-state index in [-0.39, 0.29) is 11.7 Å². The smallest absolute Gasteiger partial charge is 0.251 e. The molecule has 4 heteroatoms. The Hall–Kier alpha value is -2.20. The number of hydrogen-bond acceptors (Lipinski definition) is 2. The van der Waals surface area contributed by atoms with Crippen molar-refractivity contribution in [1.82, 2.24) is 5.32 Å². The van der Waals surface area contributed by atoms with Gasteiger partial charge in [-0.1, -0.05) is 24.3 Å². The molecule has 2 rings (SSSR count). The Kier molecular flexibility index (Phi) is 4.48. The van der Waals surface area contributed by atoms with Gasteiger partial charge in [0.05, 0.1) is 0 Å². The lowest BCUT2D eigenvalue weighted by Crippen LogP contribution is -2.22. The molecule has 0 unspecified atom stereocenters. The highest BCUT2D eigenvalue weighted by Crippen LogP contribution is 2.09. The van der Waals surface area contributed by atoms with Crippen LogP contribution in [0.4, 0.5) is 4.39 Å². The summed E-state index contributed by atoms with van der Waals surface area (Å²) >= 11 is 0. The number of nitrogens with two attached hydrogens (primary N) is 1. The number of carbonyl (C=O) groups excluding carboxylic acids is 1. The highest BCUT2D eigenvalue weighted by molar-refractivity contribution is 5.94. The van der Waals surface area contributed by atoms with Gasteiger partial charge in [0.2, 0.25) is 0 Å². The van der Waals surface area contributed by atoms with Crippen molar-refractivity contribution in [3.8, 4) is 0 Å². The number of carbonyl (C=O) groups is 1. The number of aryl methyl sites for hydroxylation is 1. The van der Waals surface area contributed by atoms with Crippen LogP contribution in [0.15, 0.2) is 42.5 Å². The lowest BCUT2D eigenvalue weighted by molar-refractivity contribution is 0.0951. The van der Waals surface area contributed by atoms with E-state index < -0.39 is 0 Å². The van der Waals surface area contributed by atoms with Crippen molar-refractivity contribution in [3.63, 3.8) is 0 Å². The van der Waals surface area contributed by atoms with Crippen LogP contribution in [0.2, 0.25) is 0 Å². The average molecular weight is 272 g/mol. The van der Waals surface area contributed by atoms with Gasteiger partial charge in [-0.25, -0.2) is 4.39 Å². The van der Waals surface area contributed by atoms with Crippen molar-refractivity contribution < 1.29 is 9.18 Å². The van der Waals surface area contributed by atoms with Crippen LogP contribution >= 0.6 is 0 Å². The SMILES string of the molecule is Cc1ccc(CNC(=O)c2ccc(CN)cc2)cc1F. The zero-order valence-corrected chi connectivity index (χ0v) is 11.3. The molecule has 20 heavy (non-hydrogen) atoms. The summed E-state index contributed by atoms with van der Waals surface area (Å²) in [5.74, 6) is -0.446. The van der Waals surface area contributed by atoms with E-state index in [0.29, 0.717) is 24.2 Å². The zero-order valence-electron chi connectivity index (χ0n) is 11.3. The fraction of sp³-hybridized carbons (Fsp3) is 0.188. The molecule has 3 N–H and O–H groups in total. The molecule has 104 valence electrons. The average Bonchev–Trinajstić information content (AvgIpc) is 2.48. The first-order valence-electron chi connectivity index (χ1n) is 6.42. The maximum Gasteiger partial charge on any atom is 0.251 e.